The molecular formula is C17H21NO4. The van der Waals surface area contributed by atoms with E-state index in [1.165, 1.54) is 7.11 Å². The first kappa shape index (κ1) is 15.9. The number of carbonyl (C=O) groups is 1. The van der Waals surface area contributed by atoms with Crippen LogP contribution in [0.15, 0.2) is 42.1 Å². The first-order valence-electron chi connectivity index (χ1n) is 7.09. The largest absolute Gasteiger partial charge is 0.493 e. The molecule has 1 heterocycles. The lowest BCUT2D eigenvalue weighted by molar-refractivity contribution is -0.135. The van der Waals surface area contributed by atoms with E-state index in [1.54, 1.807) is 20.3 Å². The standard InChI is InChI=1S/C17H21NO4/c1-20-15-7-6-13(11-16(15)21-2)8-10-18-9-4-5-14(12-18)17(19)22-3/h4-7,11-12H,8-10H2,1-3H3. The molecule has 0 saturated carbocycles. The third-order valence-corrected chi connectivity index (χ3v) is 3.52. The van der Waals surface area contributed by atoms with Crippen LogP contribution < -0.4 is 9.47 Å². The minimum absolute atomic E-state index is 0.313. The van der Waals surface area contributed by atoms with Gasteiger partial charge in [0.25, 0.3) is 0 Å². The van der Waals surface area contributed by atoms with Crippen molar-refractivity contribution in [1.29, 1.82) is 0 Å². The second kappa shape index (κ2) is 7.54. The van der Waals surface area contributed by atoms with Crippen molar-refractivity contribution in [2.45, 2.75) is 6.42 Å². The van der Waals surface area contributed by atoms with E-state index in [9.17, 15) is 4.79 Å². The lowest BCUT2D eigenvalue weighted by Gasteiger charge is -2.22. The maximum atomic E-state index is 11.5. The molecule has 0 radical (unpaired) electrons. The van der Waals surface area contributed by atoms with Crippen molar-refractivity contribution in [2.75, 3.05) is 34.4 Å². The zero-order valence-electron chi connectivity index (χ0n) is 13.2. The molecule has 5 heteroatoms. The van der Waals surface area contributed by atoms with Crippen LogP contribution in [0, 0.1) is 0 Å². The molecule has 0 atom stereocenters. The van der Waals surface area contributed by atoms with E-state index in [2.05, 4.69) is 4.90 Å². The quantitative estimate of drug-likeness (QED) is 0.754. The van der Waals surface area contributed by atoms with Crippen LogP contribution in [0.25, 0.3) is 0 Å². The summed E-state index contributed by atoms with van der Waals surface area (Å²) in [5.41, 5.74) is 1.72. The van der Waals surface area contributed by atoms with Gasteiger partial charge in [0.15, 0.2) is 11.5 Å². The number of esters is 1. The first-order valence-corrected chi connectivity index (χ1v) is 7.09. The summed E-state index contributed by atoms with van der Waals surface area (Å²) >= 11 is 0. The number of ether oxygens (including phenoxy) is 3. The van der Waals surface area contributed by atoms with Crippen LogP contribution in [0.4, 0.5) is 0 Å². The van der Waals surface area contributed by atoms with E-state index >= 15 is 0 Å². The van der Waals surface area contributed by atoms with Crippen molar-refractivity contribution in [3.8, 4) is 11.5 Å². The molecule has 1 aliphatic rings. The van der Waals surface area contributed by atoms with Crippen LogP contribution in [0.2, 0.25) is 0 Å². The number of hydrogen-bond donors (Lipinski definition) is 0. The molecule has 0 bridgehead atoms. The molecule has 1 aromatic carbocycles. The molecule has 0 saturated heterocycles. The average Bonchev–Trinajstić information content (AvgIpc) is 2.59. The Balaban J connectivity index is 2.00. The summed E-state index contributed by atoms with van der Waals surface area (Å²) in [5, 5.41) is 0. The van der Waals surface area contributed by atoms with Gasteiger partial charge in [-0.2, -0.15) is 0 Å². The smallest absolute Gasteiger partial charge is 0.339 e. The topological polar surface area (TPSA) is 48.0 Å². The number of hydrogen-bond acceptors (Lipinski definition) is 5. The highest BCUT2D eigenvalue weighted by molar-refractivity contribution is 5.91. The monoisotopic (exact) mass is 303 g/mol. The van der Waals surface area contributed by atoms with Gasteiger partial charge in [0.05, 0.1) is 26.9 Å². The fourth-order valence-corrected chi connectivity index (χ4v) is 2.31. The molecule has 2 rings (SSSR count). The maximum absolute atomic E-state index is 11.5. The van der Waals surface area contributed by atoms with Gasteiger partial charge in [-0.25, -0.2) is 4.79 Å². The number of nitrogens with zero attached hydrogens (tertiary/aromatic N) is 1. The predicted molar refractivity (Wildman–Crippen MR) is 84.1 cm³/mol. The van der Waals surface area contributed by atoms with Gasteiger partial charge in [0.2, 0.25) is 0 Å². The van der Waals surface area contributed by atoms with E-state index in [0.717, 1.165) is 36.6 Å². The number of methoxy groups -OCH3 is 3. The van der Waals surface area contributed by atoms with Crippen molar-refractivity contribution >= 4 is 5.97 Å². The molecule has 0 N–H and O–H groups in total. The minimum atomic E-state index is -0.313. The summed E-state index contributed by atoms with van der Waals surface area (Å²) in [6.07, 6.45) is 6.44. The molecule has 0 fully saturated rings. The zero-order valence-corrected chi connectivity index (χ0v) is 13.2. The molecule has 0 aromatic heterocycles. The summed E-state index contributed by atoms with van der Waals surface area (Å²) < 4.78 is 15.3. The fourth-order valence-electron chi connectivity index (χ4n) is 2.31. The predicted octanol–water partition coefficient (Wildman–Crippen LogP) is 2.17. The molecule has 0 spiro atoms. The average molecular weight is 303 g/mol. The van der Waals surface area contributed by atoms with E-state index in [4.69, 9.17) is 14.2 Å². The van der Waals surface area contributed by atoms with Crippen LogP contribution in [0.5, 0.6) is 11.5 Å². The minimum Gasteiger partial charge on any atom is -0.493 e. The molecule has 0 amide bonds. The molecule has 22 heavy (non-hydrogen) atoms. The molecule has 5 nitrogen and oxygen atoms in total. The third kappa shape index (κ3) is 3.81. The molecular weight excluding hydrogens is 282 g/mol. The third-order valence-electron chi connectivity index (χ3n) is 3.52. The summed E-state index contributed by atoms with van der Waals surface area (Å²) in [6.45, 7) is 1.59. The van der Waals surface area contributed by atoms with E-state index in [-0.39, 0.29) is 5.97 Å². The summed E-state index contributed by atoms with van der Waals surface area (Å²) in [5.74, 6) is 1.14. The van der Waals surface area contributed by atoms with E-state index in [0.29, 0.717) is 5.57 Å². The molecule has 1 aromatic rings. The molecule has 0 aliphatic carbocycles. The van der Waals surface area contributed by atoms with Crippen molar-refractivity contribution in [1.82, 2.24) is 4.90 Å². The lowest BCUT2D eigenvalue weighted by Crippen LogP contribution is -2.24. The maximum Gasteiger partial charge on any atom is 0.339 e. The fraction of sp³-hybridized carbons (Fsp3) is 0.353. The second-order valence-corrected chi connectivity index (χ2v) is 4.91. The van der Waals surface area contributed by atoms with E-state index in [1.807, 2.05) is 30.5 Å². The van der Waals surface area contributed by atoms with Gasteiger partial charge in [0.1, 0.15) is 0 Å². The normalized spacial score (nSPS) is 13.6. The van der Waals surface area contributed by atoms with Crippen molar-refractivity contribution < 1.29 is 19.0 Å². The number of carbonyl (C=O) groups excluding carboxylic acids is 1. The van der Waals surface area contributed by atoms with Gasteiger partial charge in [-0.15, -0.1) is 0 Å². The van der Waals surface area contributed by atoms with Crippen LogP contribution in [-0.2, 0) is 16.0 Å². The van der Waals surface area contributed by atoms with Gasteiger partial charge in [-0.3, -0.25) is 0 Å². The Morgan fingerprint density at radius 1 is 1.18 bits per heavy atom. The van der Waals surface area contributed by atoms with Gasteiger partial charge < -0.3 is 19.1 Å². The van der Waals surface area contributed by atoms with Crippen LogP contribution in [0.1, 0.15) is 5.56 Å². The van der Waals surface area contributed by atoms with E-state index < -0.39 is 0 Å². The highest BCUT2D eigenvalue weighted by Crippen LogP contribution is 2.27. The van der Waals surface area contributed by atoms with Crippen molar-refractivity contribution in [3.63, 3.8) is 0 Å². The summed E-state index contributed by atoms with van der Waals surface area (Å²) in [7, 11) is 4.64. The lowest BCUT2D eigenvalue weighted by atomic mass is 10.1. The number of rotatable bonds is 6. The Kier molecular flexibility index (Phi) is 5.47. The zero-order chi connectivity index (χ0) is 15.9. The Morgan fingerprint density at radius 3 is 2.64 bits per heavy atom. The van der Waals surface area contributed by atoms with Gasteiger partial charge in [0, 0.05) is 19.3 Å². The van der Waals surface area contributed by atoms with Gasteiger partial charge >= 0.3 is 5.97 Å². The molecule has 1 aliphatic heterocycles. The molecule has 118 valence electrons. The van der Waals surface area contributed by atoms with Crippen molar-refractivity contribution in [3.05, 3.63) is 47.7 Å². The Morgan fingerprint density at radius 2 is 1.95 bits per heavy atom. The second-order valence-electron chi connectivity index (χ2n) is 4.91. The summed E-state index contributed by atoms with van der Waals surface area (Å²) in [6, 6.07) is 5.90. The van der Waals surface area contributed by atoms with Gasteiger partial charge in [-0.1, -0.05) is 12.1 Å². The SMILES string of the molecule is COC(=O)C1=CN(CCc2ccc(OC)c(OC)c2)CC=C1. The first-order chi connectivity index (χ1) is 10.7. The highest BCUT2D eigenvalue weighted by atomic mass is 16.5. The van der Waals surface area contributed by atoms with Crippen LogP contribution in [-0.4, -0.2) is 45.3 Å². The highest BCUT2D eigenvalue weighted by Gasteiger charge is 2.12. The van der Waals surface area contributed by atoms with Gasteiger partial charge in [-0.05, 0) is 30.2 Å². The van der Waals surface area contributed by atoms with Crippen LogP contribution >= 0.6 is 0 Å². The van der Waals surface area contributed by atoms with Crippen LogP contribution in [0.3, 0.4) is 0 Å². The van der Waals surface area contributed by atoms with Crippen molar-refractivity contribution in [2.24, 2.45) is 0 Å². The molecule has 0 unspecified atom stereocenters. The summed E-state index contributed by atoms with van der Waals surface area (Å²) in [4.78, 5) is 13.6. The Labute approximate surface area is 130 Å². The Hall–Kier alpha value is -2.43. The number of benzene rings is 1. The Bertz CT molecular complexity index is 592.